The quantitative estimate of drug-likeness (QED) is 0.855. The van der Waals surface area contributed by atoms with Crippen molar-refractivity contribution < 1.29 is 4.42 Å². The number of hydrogen-bond acceptors (Lipinski definition) is 3. The molecule has 3 heteroatoms. The summed E-state index contributed by atoms with van der Waals surface area (Å²) in [7, 11) is 0. The predicted octanol–water partition coefficient (Wildman–Crippen LogP) is 3.19. The third kappa shape index (κ3) is 4.36. The monoisotopic (exact) mass is 264 g/mol. The SMILES string of the molecule is CCCN1CCCC(C(C)NCc2ccc(C)o2)C1. The Balaban J connectivity index is 1.77. The third-order valence-electron chi connectivity index (χ3n) is 4.18. The summed E-state index contributed by atoms with van der Waals surface area (Å²) < 4.78 is 5.61. The van der Waals surface area contributed by atoms with Crippen LogP contribution in [-0.4, -0.2) is 30.6 Å². The first kappa shape index (κ1) is 14.6. The van der Waals surface area contributed by atoms with Crippen LogP contribution in [0.15, 0.2) is 16.5 Å². The molecule has 19 heavy (non-hydrogen) atoms. The topological polar surface area (TPSA) is 28.4 Å². The van der Waals surface area contributed by atoms with Crippen molar-refractivity contribution in [3.8, 4) is 0 Å². The van der Waals surface area contributed by atoms with Gasteiger partial charge in [-0.25, -0.2) is 0 Å². The summed E-state index contributed by atoms with van der Waals surface area (Å²) >= 11 is 0. The lowest BCUT2D eigenvalue weighted by molar-refractivity contribution is 0.150. The molecule has 1 saturated heterocycles. The maximum Gasteiger partial charge on any atom is 0.117 e. The molecule has 0 spiro atoms. The summed E-state index contributed by atoms with van der Waals surface area (Å²) in [5.74, 6) is 2.82. The Labute approximate surface area is 117 Å². The first-order valence-electron chi connectivity index (χ1n) is 7.70. The first-order chi connectivity index (χ1) is 9.19. The van der Waals surface area contributed by atoms with Gasteiger partial charge in [0.1, 0.15) is 11.5 Å². The van der Waals surface area contributed by atoms with E-state index in [1.54, 1.807) is 0 Å². The van der Waals surface area contributed by atoms with Crippen molar-refractivity contribution >= 4 is 0 Å². The van der Waals surface area contributed by atoms with Gasteiger partial charge in [-0.15, -0.1) is 0 Å². The summed E-state index contributed by atoms with van der Waals surface area (Å²) in [6.07, 6.45) is 3.96. The van der Waals surface area contributed by atoms with Gasteiger partial charge in [-0.3, -0.25) is 0 Å². The highest BCUT2D eigenvalue weighted by Gasteiger charge is 2.23. The molecule has 0 radical (unpaired) electrons. The van der Waals surface area contributed by atoms with Gasteiger partial charge in [-0.2, -0.15) is 0 Å². The Hall–Kier alpha value is -0.800. The van der Waals surface area contributed by atoms with E-state index in [4.69, 9.17) is 4.42 Å². The van der Waals surface area contributed by atoms with E-state index in [1.807, 2.05) is 13.0 Å². The molecule has 2 rings (SSSR count). The Kier molecular flexibility index (Phi) is 5.46. The van der Waals surface area contributed by atoms with Crippen LogP contribution in [-0.2, 0) is 6.54 Å². The lowest BCUT2D eigenvalue weighted by Gasteiger charge is -2.36. The van der Waals surface area contributed by atoms with Crippen molar-refractivity contribution in [2.24, 2.45) is 5.92 Å². The Bertz CT molecular complexity index is 373. The van der Waals surface area contributed by atoms with E-state index < -0.39 is 0 Å². The zero-order valence-corrected chi connectivity index (χ0v) is 12.6. The number of piperidine rings is 1. The number of nitrogens with zero attached hydrogens (tertiary/aromatic N) is 1. The first-order valence-corrected chi connectivity index (χ1v) is 7.70. The predicted molar refractivity (Wildman–Crippen MR) is 79.2 cm³/mol. The minimum absolute atomic E-state index is 0.560. The largest absolute Gasteiger partial charge is 0.465 e. The van der Waals surface area contributed by atoms with E-state index in [9.17, 15) is 0 Å². The van der Waals surface area contributed by atoms with Gasteiger partial charge < -0.3 is 14.6 Å². The Morgan fingerprint density at radius 2 is 2.32 bits per heavy atom. The van der Waals surface area contributed by atoms with E-state index in [0.717, 1.165) is 24.0 Å². The van der Waals surface area contributed by atoms with Crippen molar-refractivity contribution in [3.05, 3.63) is 23.7 Å². The molecule has 3 nitrogen and oxygen atoms in total. The van der Waals surface area contributed by atoms with Gasteiger partial charge in [0.2, 0.25) is 0 Å². The highest BCUT2D eigenvalue weighted by Crippen LogP contribution is 2.20. The highest BCUT2D eigenvalue weighted by molar-refractivity contribution is 5.05. The molecular weight excluding hydrogens is 236 g/mol. The van der Waals surface area contributed by atoms with E-state index in [-0.39, 0.29) is 0 Å². The van der Waals surface area contributed by atoms with Crippen molar-refractivity contribution in [2.45, 2.75) is 52.6 Å². The molecule has 2 heterocycles. The number of rotatable bonds is 6. The molecule has 1 fully saturated rings. The number of aryl methyl sites for hydroxylation is 1. The summed E-state index contributed by atoms with van der Waals surface area (Å²) in [4.78, 5) is 2.61. The number of furan rings is 1. The van der Waals surface area contributed by atoms with Crippen LogP contribution in [0.5, 0.6) is 0 Å². The van der Waals surface area contributed by atoms with E-state index in [2.05, 4.69) is 30.1 Å². The van der Waals surface area contributed by atoms with Gasteiger partial charge in [0.05, 0.1) is 6.54 Å². The molecule has 1 aliphatic rings. The molecule has 2 unspecified atom stereocenters. The molecule has 0 bridgehead atoms. The summed E-state index contributed by atoms with van der Waals surface area (Å²) in [6.45, 7) is 11.2. The fourth-order valence-electron chi connectivity index (χ4n) is 3.03. The molecule has 1 aromatic heterocycles. The van der Waals surface area contributed by atoms with Crippen LogP contribution >= 0.6 is 0 Å². The van der Waals surface area contributed by atoms with Crippen molar-refractivity contribution in [1.29, 1.82) is 0 Å². The van der Waals surface area contributed by atoms with Gasteiger partial charge in [0.15, 0.2) is 0 Å². The lowest BCUT2D eigenvalue weighted by Crippen LogP contribution is -2.44. The minimum Gasteiger partial charge on any atom is -0.465 e. The van der Waals surface area contributed by atoms with Crippen LogP contribution in [0.2, 0.25) is 0 Å². The van der Waals surface area contributed by atoms with Crippen LogP contribution in [0.25, 0.3) is 0 Å². The zero-order valence-electron chi connectivity index (χ0n) is 12.6. The maximum absolute atomic E-state index is 5.61. The van der Waals surface area contributed by atoms with Gasteiger partial charge in [0, 0.05) is 12.6 Å². The van der Waals surface area contributed by atoms with Crippen molar-refractivity contribution in [1.82, 2.24) is 10.2 Å². The van der Waals surface area contributed by atoms with Gasteiger partial charge in [0.25, 0.3) is 0 Å². The molecular formula is C16H28N2O. The van der Waals surface area contributed by atoms with E-state index >= 15 is 0 Å². The molecule has 0 aromatic carbocycles. The van der Waals surface area contributed by atoms with Crippen LogP contribution in [0.1, 0.15) is 44.6 Å². The molecule has 0 amide bonds. The number of likely N-dealkylation sites (tertiary alicyclic amines) is 1. The van der Waals surface area contributed by atoms with Gasteiger partial charge >= 0.3 is 0 Å². The van der Waals surface area contributed by atoms with Crippen LogP contribution in [0, 0.1) is 12.8 Å². The van der Waals surface area contributed by atoms with Gasteiger partial charge in [-0.05, 0) is 64.3 Å². The maximum atomic E-state index is 5.61. The molecule has 1 aromatic rings. The highest BCUT2D eigenvalue weighted by atomic mass is 16.3. The van der Waals surface area contributed by atoms with Crippen molar-refractivity contribution in [3.63, 3.8) is 0 Å². The van der Waals surface area contributed by atoms with Crippen LogP contribution in [0.3, 0.4) is 0 Å². The summed E-state index contributed by atoms with van der Waals surface area (Å²) in [5, 5.41) is 3.62. The average molecular weight is 264 g/mol. The fraction of sp³-hybridized carbons (Fsp3) is 0.750. The smallest absolute Gasteiger partial charge is 0.117 e. The molecule has 1 aliphatic heterocycles. The Morgan fingerprint density at radius 1 is 1.47 bits per heavy atom. The molecule has 108 valence electrons. The van der Waals surface area contributed by atoms with E-state index in [1.165, 1.54) is 38.9 Å². The van der Waals surface area contributed by atoms with E-state index in [0.29, 0.717) is 6.04 Å². The normalized spacial score (nSPS) is 22.6. The molecule has 2 atom stereocenters. The lowest BCUT2D eigenvalue weighted by atomic mass is 9.91. The van der Waals surface area contributed by atoms with Crippen LogP contribution in [0.4, 0.5) is 0 Å². The standard InChI is InChI=1S/C16H28N2O/c1-4-9-18-10-5-6-15(12-18)14(3)17-11-16-8-7-13(2)19-16/h7-8,14-15,17H,4-6,9-12H2,1-3H3. The van der Waals surface area contributed by atoms with Crippen LogP contribution < -0.4 is 5.32 Å². The average Bonchev–Trinajstić information content (AvgIpc) is 2.82. The number of hydrogen-bond donors (Lipinski definition) is 1. The third-order valence-corrected chi connectivity index (χ3v) is 4.18. The fourth-order valence-corrected chi connectivity index (χ4v) is 3.03. The Morgan fingerprint density at radius 3 is 3.00 bits per heavy atom. The zero-order chi connectivity index (χ0) is 13.7. The minimum atomic E-state index is 0.560. The summed E-state index contributed by atoms with van der Waals surface area (Å²) in [5.41, 5.74) is 0. The second-order valence-electron chi connectivity index (χ2n) is 5.88. The summed E-state index contributed by atoms with van der Waals surface area (Å²) in [6, 6.07) is 4.66. The molecule has 1 N–H and O–H groups in total. The van der Waals surface area contributed by atoms with Crippen molar-refractivity contribution in [2.75, 3.05) is 19.6 Å². The molecule has 0 aliphatic carbocycles. The molecule has 0 saturated carbocycles. The second-order valence-corrected chi connectivity index (χ2v) is 5.88. The second kappa shape index (κ2) is 7.11. The van der Waals surface area contributed by atoms with Gasteiger partial charge in [-0.1, -0.05) is 6.92 Å². The number of nitrogens with one attached hydrogen (secondary N) is 1.